The first-order chi connectivity index (χ1) is 6.79. The van der Waals surface area contributed by atoms with E-state index in [0.717, 1.165) is 4.88 Å². The van der Waals surface area contributed by atoms with Crippen LogP contribution in [-0.4, -0.2) is 10.8 Å². The Balaban J connectivity index is 2.39. The highest BCUT2D eigenvalue weighted by molar-refractivity contribution is 7.09. The van der Waals surface area contributed by atoms with Crippen LogP contribution in [0.4, 0.5) is 0 Å². The average Bonchev–Trinajstić information content (AvgIpc) is 2.65. The lowest BCUT2D eigenvalue weighted by molar-refractivity contribution is 0.103. The van der Waals surface area contributed by atoms with Gasteiger partial charge in [0.1, 0.15) is 5.69 Å². The zero-order valence-corrected chi connectivity index (χ0v) is 8.54. The lowest BCUT2D eigenvalue weighted by Gasteiger charge is -1.97. The van der Waals surface area contributed by atoms with Gasteiger partial charge in [-0.2, -0.15) is 0 Å². The Morgan fingerprint density at radius 2 is 2.00 bits per heavy atom. The van der Waals surface area contributed by atoms with Crippen LogP contribution in [0.2, 0.25) is 0 Å². The molecule has 0 aliphatic rings. The first-order valence-corrected chi connectivity index (χ1v) is 5.17. The van der Waals surface area contributed by atoms with Crippen molar-refractivity contribution in [3.05, 3.63) is 52.0 Å². The van der Waals surface area contributed by atoms with Gasteiger partial charge >= 0.3 is 0 Å². The van der Waals surface area contributed by atoms with Crippen LogP contribution in [0.3, 0.4) is 0 Å². The molecule has 14 heavy (non-hydrogen) atoms. The fourth-order valence-corrected chi connectivity index (χ4v) is 1.82. The molecule has 0 fully saturated rings. The van der Waals surface area contributed by atoms with E-state index in [2.05, 4.69) is 4.98 Å². The Bertz CT molecular complexity index is 447. The van der Waals surface area contributed by atoms with Gasteiger partial charge < -0.3 is 0 Å². The molecule has 2 rings (SSSR count). The zero-order chi connectivity index (χ0) is 9.97. The van der Waals surface area contributed by atoms with Crippen molar-refractivity contribution in [3.63, 3.8) is 0 Å². The predicted molar refractivity (Wildman–Crippen MR) is 56.7 cm³/mol. The minimum atomic E-state index is 0.00403. The lowest BCUT2D eigenvalue weighted by Crippen LogP contribution is -2.02. The molecule has 0 unspecified atom stereocenters. The fourth-order valence-electron chi connectivity index (χ4n) is 1.25. The van der Waals surface area contributed by atoms with Crippen molar-refractivity contribution < 1.29 is 4.79 Å². The number of carbonyl (C=O) groups excluding carboxylic acids is 1. The second-order valence-electron chi connectivity index (χ2n) is 2.95. The Hall–Kier alpha value is -1.48. The van der Waals surface area contributed by atoms with E-state index in [-0.39, 0.29) is 5.78 Å². The molecule has 0 bridgehead atoms. The van der Waals surface area contributed by atoms with Crippen molar-refractivity contribution in [2.75, 3.05) is 0 Å². The molecule has 0 atom stereocenters. The number of hydrogen-bond acceptors (Lipinski definition) is 3. The van der Waals surface area contributed by atoms with Crippen molar-refractivity contribution in [1.29, 1.82) is 0 Å². The molecule has 2 nitrogen and oxygen atoms in total. The van der Waals surface area contributed by atoms with Gasteiger partial charge in [-0.25, -0.2) is 4.98 Å². The first kappa shape index (κ1) is 9.09. The average molecular weight is 203 g/mol. The van der Waals surface area contributed by atoms with Crippen LogP contribution >= 0.6 is 11.3 Å². The third kappa shape index (κ3) is 1.59. The highest BCUT2D eigenvalue weighted by atomic mass is 32.1. The predicted octanol–water partition coefficient (Wildman–Crippen LogP) is 2.68. The number of aryl methyl sites for hydroxylation is 1. The van der Waals surface area contributed by atoms with Gasteiger partial charge in [0, 0.05) is 10.4 Å². The minimum Gasteiger partial charge on any atom is -0.287 e. The Morgan fingerprint density at radius 3 is 2.57 bits per heavy atom. The topological polar surface area (TPSA) is 30.0 Å². The number of nitrogens with zero attached hydrogens (tertiary/aromatic N) is 1. The smallest absolute Gasteiger partial charge is 0.212 e. The van der Waals surface area contributed by atoms with Crippen LogP contribution in [0.25, 0.3) is 0 Å². The van der Waals surface area contributed by atoms with E-state index in [4.69, 9.17) is 0 Å². The summed E-state index contributed by atoms with van der Waals surface area (Å²) in [6.07, 6.45) is 0. The second-order valence-corrected chi connectivity index (χ2v) is 4.01. The quantitative estimate of drug-likeness (QED) is 0.702. The summed E-state index contributed by atoms with van der Waals surface area (Å²) in [6, 6.07) is 9.22. The molecule has 1 aromatic heterocycles. The Kier molecular flexibility index (Phi) is 2.41. The molecule has 0 aliphatic heterocycles. The number of benzene rings is 1. The molecule has 2 aromatic rings. The number of aromatic nitrogens is 1. The normalized spacial score (nSPS) is 10.1. The summed E-state index contributed by atoms with van der Waals surface area (Å²) in [5, 5.41) is 0. The number of rotatable bonds is 2. The van der Waals surface area contributed by atoms with Gasteiger partial charge in [0.25, 0.3) is 0 Å². The van der Waals surface area contributed by atoms with E-state index in [1.54, 1.807) is 17.6 Å². The van der Waals surface area contributed by atoms with Crippen LogP contribution in [0.1, 0.15) is 20.9 Å². The summed E-state index contributed by atoms with van der Waals surface area (Å²) in [7, 11) is 0. The van der Waals surface area contributed by atoms with Crippen LogP contribution in [0.15, 0.2) is 35.8 Å². The highest BCUT2D eigenvalue weighted by Crippen LogP contribution is 2.15. The van der Waals surface area contributed by atoms with Gasteiger partial charge in [0.2, 0.25) is 5.78 Å². The molecule has 3 heteroatoms. The van der Waals surface area contributed by atoms with E-state index in [1.165, 1.54) is 11.3 Å². The third-order valence-electron chi connectivity index (χ3n) is 2.00. The van der Waals surface area contributed by atoms with E-state index < -0.39 is 0 Å². The van der Waals surface area contributed by atoms with Crippen molar-refractivity contribution in [2.45, 2.75) is 6.92 Å². The summed E-state index contributed by atoms with van der Waals surface area (Å²) in [4.78, 5) is 16.9. The van der Waals surface area contributed by atoms with Gasteiger partial charge in [-0.1, -0.05) is 30.3 Å². The van der Waals surface area contributed by atoms with Crippen LogP contribution < -0.4 is 0 Å². The summed E-state index contributed by atoms with van der Waals surface area (Å²) in [6.45, 7) is 1.91. The van der Waals surface area contributed by atoms with Crippen LogP contribution in [0, 0.1) is 6.92 Å². The molecule has 1 aromatic carbocycles. The van der Waals surface area contributed by atoms with Gasteiger partial charge in [0.15, 0.2) is 0 Å². The van der Waals surface area contributed by atoms with Crippen molar-refractivity contribution in [1.82, 2.24) is 4.98 Å². The number of thiazole rings is 1. The molecule has 0 saturated carbocycles. The van der Waals surface area contributed by atoms with E-state index in [1.807, 2.05) is 25.1 Å². The van der Waals surface area contributed by atoms with Gasteiger partial charge in [0.05, 0.1) is 5.51 Å². The maximum atomic E-state index is 11.9. The van der Waals surface area contributed by atoms with E-state index in [9.17, 15) is 4.79 Å². The largest absolute Gasteiger partial charge is 0.287 e. The summed E-state index contributed by atoms with van der Waals surface area (Å²) in [5.41, 5.74) is 2.97. The van der Waals surface area contributed by atoms with Crippen molar-refractivity contribution in [3.8, 4) is 0 Å². The maximum absolute atomic E-state index is 11.9. The molecular formula is C11H9NOS. The van der Waals surface area contributed by atoms with Crippen LogP contribution in [0.5, 0.6) is 0 Å². The molecule has 0 amide bonds. The van der Waals surface area contributed by atoms with Crippen LogP contribution in [-0.2, 0) is 0 Å². The molecule has 1 heterocycles. The van der Waals surface area contributed by atoms with Gasteiger partial charge in [-0.15, -0.1) is 11.3 Å². The van der Waals surface area contributed by atoms with Crippen molar-refractivity contribution >= 4 is 17.1 Å². The molecule has 0 radical (unpaired) electrons. The van der Waals surface area contributed by atoms with Gasteiger partial charge in [-0.05, 0) is 6.92 Å². The third-order valence-corrected chi connectivity index (χ3v) is 2.75. The summed E-state index contributed by atoms with van der Waals surface area (Å²) >= 11 is 1.50. The molecule has 0 N–H and O–H groups in total. The molecular weight excluding hydrogens is 194 g/mol. The lowest BCUT2D eigenvalue weighted by atomic mass is 10.1. The molecule has 0 saturated heterocycles. The SMILES string of the molecule is Cc1scnc1C(=O)c1ccccc1. The highest BCUT2D eigenvalue weighted by Gasteiger charge is 2.13. The number of ketones is 1. The zero-order valence-electron chi connectivity index (χ0n) is 7.73. The monoisotopic (exact) mass is 203 g/mol. The number of carbonyl (C=O) groups is 1. The fraction of sp³-hybridized carbons (Fsp3) is 0.0909. The molecule has 0 spiro atoms. The van der Waals surface area contributed by atoms with Crippen molar-refractivity contribution in [2.24, 2.45) is 0 Å². The Morgan fingerprint density at radius 1 is 1.29 bits per heavy atom. The molecule has 0 aliphatic carbocycles. The maximum Gasteiger partial charge on any atom is 0.212 e. The summed E-state index contributed by atoms with van der Waals surface area (Å²) < 4.78 is 0. The van der Waals surface area contributed by atoms with E-state index in [0.29, 0.717) is 11.3 Å². The standard InChI is InChI=1S/C11H9NOS/c1-8-10(12-7-14-8)11(13)9-5-3-2-4-6-9/h2-7H,1H3. The first-order valence-electron chi connectivity index (χ1n) is 4.29. The summed E-state index contributed by atoms with van der Waals surface area (Å²) in [5.74, 6) is 0.00403. The number of hydrogen-bond donors (Lipinski definition) is 0. The second kappa shape index (κ2) is 3.72. The van der Waals surface area contributed by atoms with Gasteiger partial charge in [-0.3, -0.25) is 4.79 Å². The minimum absolute atomic E-state index is 0.00403. The molecule has 70 valence electrons. The Labute approximate surface area is 86.2 Å². The van der Waals surface area contributed by atoms with E-state index >= 15 is 0 Å².